The van der Waals surface area contributed by atoms with Gasteiger partial charge >= 0.3 is 0 Å². The minimum atomic E-state index is -0.208. The topological polar surface area (TPSA) is 58.2 Å². The lowest BCUT2D eigenvalue weighted by Crippen LogP contribution is -2.17. The number of anilines is 2. The predicted octanol–water partition coefficient (Wildman–Crippen LogP) is 4.28. The second kappa shape index (κ2) is 6.05. The van der Waals surface area contributed by atoms with Crippen molar-refractivity contribution >= 4 is 34.8 Å². The van der Waals surface area contributed by atoms with Gasteiger partial charge in [0, 0.05) is 22.0 Å². The van der Waals surface area contributed by atoms with Gasteiger partial charge in [-0.2, -0.15) is 0 Å². The van der Waals surface area contributed by atoms with E-state index >= 15 is 0 Å². The van der Waals surface area contributed by atoms with Crippen LogP contribution in [0.25, 0.3) is 0 Å². The van der Waals surface area contributed by atoms with Gasteiger partial charge in [0.1, 0.15) is 0 Å². The van der Waals surface area contributed by atoms with Crippen molar-refractivity contribution in [2.45, 2.75) is 19.8 Å². The number of nitrogens with one attached hydrogen (secondary N) is 2. The van der Waals surface area contributed by atoms with Gasteiger partial charge in [-0.15, -0.1) is 0 Å². The van der Waals surface area contributed by atoms with Crippen molar-refractivity contribution < 1.29 is 9.59 Å². The SMILES string of the molecule is CC(C)C1C(=O)Nc2ccc(NC(=O)c3ccc(Cl)cc3)cc21. The van der Waals surface area contributed by atoms with Crippen LogP contribution in [-0.4, -0.2) is 11.8 Å². The zero-order valence-corrected chi connectivity index (χ0v) is 13.6. The molecular weight excluding hydrogens is 312 g/mol. The van der Waals surface area contributed by atoms with E-state index in [1.165, 1.54) is 0 Å². The minimum absolute atomic E-state index is 0.0103. The van der Waals surface area contributed by atoms with Gasteiger partial charge in [-0.3, -0.25) is 9.59 Å². The van der Waals surface area contributed by atoms with E-state index in [-0.39, 0.29) is 23.7 Å². The number of benzene rings is 2. The number of hydrogen-bond acceptors (Lipinski definition) is 2. The zero-order valence-electron chi connectivity index (χ0n) is 12.9. The molecule has 2 N–H and O–H groups in total. The molecule has 0 aliphatic carbocycles. The molecule has 1 heterocycles. The molecule has 5 heteroatoms. The minimum Gasteiger partial charge on any atom is -0.325 e. The molecule has 0 bridgehead atoms. The smallest absolute Gasteiger partial charge is 0.255 e. The third kappa shape index (κ3) is 3.08. The average molecular weight is 329 g/mol. The van der Waals surface area contributed by atoms with E-state index in [4.69, 9.17) is 11.6 Å². The molecule has 0 fully saturated rings. The zero-order chi connectivity index (χ0) is 16.6. The molecule has 2 aromatic rings. The summed E-state index contributed by atoms with van der Waals surface area (Å²) in [6.07, 6.45) is 0. The summed E-state index contributed by atoms with van der Waals surface area (Å²) in [5.74, 6) is -0.188. The lowest BCUT2D eigenvalue weighted by atomic mass is 9.89. The molecule has 1 aliphatic rings. The first-order valence-corrected chi connectivity index (χ1v) is 7.85. The Labute approximate surface area is 139 Å². The summed E-state index contributed by atoms with van der Waals surface area (Å²) in [5.41, 5.74) is 2.95. The number of carbonyl (C=O) groups excluding carboxylic acids is 2. The van der Waals surface area contributed by atoms with Crippen molar-refractivity contribution in [3.05, 3.63) is 58.6 Å². The maximum atomic E-state index is 12.3. The number of carbonyl (C=O) groups is 2. The normalized spacial score (nSPS) is 16.2. The number of fused-ring (bicyclic) bond motifs is 1. The number of halogens is 1. The van der Waals surface area contributed by atoms with Gasteiger partial charge in [0.05, 0.1) is 5.92 Å². The molecule has 2 aromatic carbocycles. The van der Waals surface area contributed by atoms with Crippen LogP contribution in [0, 0.1) is 5.92 Å². The molecular formula is C18H17ClN2O2. The summed E-state index contributed by atoms with van der Waals surface area (Å²) in [4.78, 5) is 24.3. The van der Waals surface area contributed by atoms with Crippen LogP contribution in [0.4, 0.5) is 11.4 Å². The Morgan fingerprint density at radius 1 is 1.17 bits per heavy atom. The Morgan fingerprint density at radius 3 is 2.52 bits per heavy atom. The van der Waals surface area contributed by atoms with E-state index in [0.717, 1.165) is 11.3 Å². The Hall–Kier alpha value is -2.33. The Bertz CT molecular complexity index is 769. The van der Waals surface area contributed by atoms with Gasteiger partial charge in [-0.05, 0) is 53.9 Å². The Kier molecular flexibility index (Phi) is 4.09. The van der Waals surface area contributed by atoms with Crippen molar-refractivity contribution in [3.8, 4) is 0 Å². The maximum Gasteiger partial charge on any atom is 0.255 e. The molecule has 0 radical (unpaired) electrons. The van der Waals surface area contributed by atoms with Crippen LogP contribution < -0.4 is 10.6 Å². The molecule has 1 unspecified atom stereocenters. The highest BCUT2D eigenvalue weighted by Gasteiger charge is 2.33. The van der Waals surface area contributed by atoms with Gasteiger partial charge in [0.2, 0.25) is 5.91 Å². The van der Waals surface area contributed by atoms with Crippen molar-refractivity contribution in [2.24, 2.45) is 5.92 Å². The van der Waals surface area contributed by atoms with Crippen LogP contribution in [0.5, 0.6) is 0 Å². The van der Waals surface area contributed by atoms with Crippen LogP contribution in [0.1, 0.15) is 35.7 Å². The fourth-order valence-corrected chi connectivity index (χ4v) is 2.96. The summed E-state index contributed by atoms with van der Waals surface area (Å²) in [7, 11) is 0. The maximum absolute atomic E-state index is 12.3. The molecule has 0 saturated carbocycles. The second-order valence-corrected chi connectivity index (χ2v) is 6.41. The standard InChI is InChI=1S/C18H17ClN2O2/c1-10(2)16-14-9-13(7-8-15(14)21-18(16)23)20-17(22)11-3-5-12(19)6-4-11/h3-10,16H,1-2H3,(H,20,22)(H,21,23). The van der Waals surface area contributed by atoms with Crippen molar-refractivity contribution in [3.63, 3.8) is 0 Å². The van der Waals surface area contributed by atoms with Crippen LogP contribution in [-0.2, 0) is 4.79 Å². The highest BCUT2D eigenvalue weighted by Crippen LogP contribution is 2.38. The predicted molar refractivity (Wildman–Crippen MR) is 92.1 cm³/mol. The van der Waals surface area contributed by atoms with Crippen molar-refractivity contribution in [2.75, 3.05) is 10.6 Å². The van der Waals surface area contributed by atoms with Gasteiger partial charge < -0.3 is 10.6 Å². The first kappa shape index (κ1) is 15.6. The molecule has 1 atom stereocenters. The molecule has 0 aromatic heterocycles. The summed E-state index contributed by atoms with van der Waals surface area (Å²) >= 11 is 5.83. The largest absolute Gasteiger partial charge is 0.325 e. The van der Waals surface area contributed by atoms with Crippen LogP contribution in [0.15, 0.2) is 42.5 Å². The highest BCUT2D eigenvalue weighted by atomic mass is 35.5. The summed E-state index contributed by atoms with van der Waals surface area (Å²) < 4.78 is 0. The fraction of sp³-hybridized carbons (Fsp3) is 0.222. The van der Waals surface area contributed by atoms with E-state index in [0.29, 0.717) is 16.3 Å². The third-order valence-corrected chi connectivity index (χ3v) is 4.21. The molecule has 118 valence electrons. The molecule has 4 nitrogen and oxygen atoms in total. The monoisotopic (exact) mass is 328 g/mol. The Balaban J connectivity index is 1.84. The number of hydrogen-bond donors (Lipinski definition) is 2. The van der Waals surface area contributed by atoms with Crippen LogP contribution in [0.2, 0.25) is 5.02 Å². The van der Waals surface area contributed by atoms with E-state index in [9.17, 15) is 9.59 Å². The van der Waals surface area contributed by atoms with Gasteiger partial charge in [-0.1, -0.05) is 25.4 Å². The lowest BCUT2D eigenvalue weighted by molar-refractivity contribution is -0.117. The van der Waals surface area contributed by atoms with E-state index in [1.54, 1.807) is 30.3 Å². The van der Waals surface area contributed by atoms with Crippen LogP contribution >= 0.6 is 11.6 Å². The van der Waals surface area contributed by atoms with Crippen molar-refractivity contribution in [1.29, 1.82) is 0 Å². The van der Waals surface area contributed by atoms with E-state index in [2.05, 4.69) is 10.6 Å². The second-order valence-electron chi connectivity index (χ2n) is 5.97. The first-order chi connectivity index (χ1) is 11.0. The van der Waals surface area contributed by atoms with Crippen molar-refractivity contribution in [1.82, 2.24) is 0 Å². The molecule has 3 rings (SSSR count). The fourth-order valence-electron chi connectivity index (χ4n) is 2.83. The van der Waals surface area contributed by atoms with Crippen LogP contribution in [0.3, 0.4) is 0 Å². The van der Waals surface area contributed by atoms with E-state index < -0.39 is 0 Å². The van der Waals surface area contributed by atoms with Gasteiger partial charge in [-0.25, -0.2) is 0 Å². The number of amides is 2. The Morgan fingerprint density at radius 2 is 1.87 bits per heavy atom. The van der Waals surface area contributed by atoms with Gasteiger partial charge in [0.15, 0.2) is 0 Å². The van der Waals surface area contributed by atoms with Gasteiger partial charge in [0.25, 0.3) is 5.91 Å². The average Bonchev–Trinajstić information content (AvgIpc) is 2.83. The third-order valence-electron chi connectivity index (χ3n) is 3.96. The molecule has 2 amide bonds. The summed E-state index contributed by atoms with van der Waals surface area (Å²) in [5, 5.41) is 6.33. The molecule has 0 spiro atoms. The first-order valence-electron chi connectivity index (χ1n) is 7.47. The molecule has 1 aliphatic heterocycles. The molecule has 0 saturated heterocycles. The summed E-state index contributed by atoms with van der Waals surface area (Å²) in [6.45, 7) is 4.02. The molecule has 23 heavy (non-hydrogen) atoms. The highest BCUT2D eigenvalue weighted by molar-refractivity contribution is 6.30. The number of rotatable bonds is 3. The lowest BCUT2D eigenvalue weighted by Gasteiger charge is -2.14. The van der Waals surface area contributed by atoms with E-state index in [1.807, 2.05) is 26.0 Å². The quantitative estimate of drug-likeness (QED) is 0.883. The summed E-state index contributed by atoms with van der Waals surface area (Å²) in [6, 6.07) is 12.2.